The number of hydrogen-bond donors (Lipinski definition) is 0. The number of aromatic nitrogens is 3. The lowest BCUT2D eigenvalue weighted by Crippen LogP contribution is -2.40. The lowest BCUT2D eigenvalue weighted by atomic mass is 10.1. The molecule has 0 aliphatic rings. The Hall–Kier alpha value is -4.50. The Morgan fingerprint density at radius 3 is 1.77 bits per heavy atom. The van der Waals surface area contributed by atoms with Crippen molar-refractivity contribution in [2.24, 2.45) is 0 Å². The van der Waals surface area contributed by atoms with Gasteiger partial charge in [-0.05, 0) is 55.5 Å². The predicted octanol–water partition coefficient (Wildman–Crippen LogP) is 7.76. The van der Waals surface area contributed by atoms with Gasteiger partial charge in [0.15, 0.2) is 18.2 Å². The fourth-order valence-electron chi connectivity index (χ4n) is 5.91. The Morgan fingerprint density at radius 1 is 0.674 bits per heavy atom. The summed E-state index contributed by atoms with van der Waals surface area (Å²) in [7, 11) is -2.50. The van der Waals surface area contributed by atoms with E-state index >= 15 is 0 Å². The van der Waals surface area contributed by atoms with Gasteiger partial charge in [-0.1, -0.05) is 114 Å². The van der Waals surface area contributed by atoms with E-state index in [4.69, 9.17) is 9.97 Å². The second-order valence-electron chi connectivity index (χ2n) is 10.5. The van der Waals surface area contributed by atoms with Crippen LogP contribution in [0.5, 0.6) is 0 Å². The second-order valence-corrected chi connectivity index (χ2v) is 14.8. The van der Waals surface area contributed by atoms with Crippen molar-refractivity contribution >= 4 is 56.9 Å². The van der Waals surface area contributed by atoms with E-state index in [2.05, 4.69) is 157 Å². The summed E-state index contributed by atoms with van der Waals surface area (Å²) in [4.78, 5) is 11.0. The van der Waals surface area contributed by atoms with Crippen LogP contribution in [0.3, 0.4) is 0 Å². The van der Waals surface area contributed by atoms with Crippen LogP contribution in [0.2, 0.25) is 0 Å². The van der Waals surface area contributed by atoms with Crippen LogP contribution in [0.4, 0.5) is 0 Å². The van der Waals surface area contributed by atoms with Crippen LogP contribution in [0.1, 0.15) is 5.56 Å². The Labute approximate surface area is 257 Å². The van der Waals surface area contributed by atoms with Crippen LogP contribution in [-0.4, -0.2) is 20.1 Å². The third-order valence-electron chi connectivity index (χ3n) is 7.81. The van der Waals surface area contributed by atoms with E-state index in [0.29, 0.717) is 0 Å². The van der Waals surface area contributed by atoms with Gasteiger partial charge in [-0.3, -0.25) is 4.40 Å². The molecule has 0 bridgehead atoms. The van der Waals surface area contributed by atoms with E-state index in [1.54, 1.807) is 11.8 Å². The number of para-hydroxylation sites is 2. The standard InChI is InChI=1S/C38H31N3PS/c1-3-27-43-38-35(37-39-33-21-13-14-22-34(33)41(37)36(40-38)29-25-23-28(2)24-26-29)42(30-15-7-4-8-16-30,31-17-9-5-10-18-31)32-19-11-6-12-20-32/h3-26H,1,27H2,2H3/q+1. The lowest BCUT2D eigenvalue weighted by molar-refractivity contribution is 1.05. The highest BCUT2D eigenvalue weighted by atomic mass is 32.2. The Kier molecular flexibility index (Phi) is 7.40. The van der Waals surface area contributed by atoms with E-state index in [0.717, 1.165) is 38.8 Å². The zero-order chi connectivity index (χ0) is 29.2. The summed E-state index contributed by atoms with van der Waals surface area (Å²) in [5.74, 6) is 1.63. The third kappa shape index (κ3) is 4.68. The highest BCUT2D eigenvalue weighted by Crippen LogP contribution is 2.57. The number of hydrogen-bond acceptors (Lipinski definition) is 3. The number of rotatable bonds is 8. The minimum absolute atomic E-state index is 0.738. The average Bonchev–Trinajstić information content (AvgIpc) is 3.46. The van der Waals surface area contributed by atoms with E-state index in [9.17, 15) is 0 Å². The number of aryl methyl sites for hydroxylation is 1. The third-order valence-corrected chi connectivity index (χ3v) is 13.2. The van der Waals surface area contributed by atoms with Crippen molar-refractivity contribution in [3.63, 3.8) is 0 Å². The molecular weight excluding hydrogens is 561 g/mol. The summed E-state index contributed by atoms with van der Waals surface area (Å²) in [6.45, 7) is 6.19. The molecule has 0 aliphatic carbocycles. The van der Waals surface area contributed by atoms with Gasteiger partial charge < -0.3 is 0 Å². The maximum Gasteiger partial charge on any atom is 0.186 e. The van der Waals surface area contributed by atoms with Gasteiger partial charge in [0, 0.05) is 11.3 Å². The van der Waals surface area contributed by atoms with Gasteiger partial charge in [-0.25, -0.2) is 9.97 Å². The smallest absolute Gasteiger partial charge is 0.186 e. The fourth-order valence-corrected chi connectivity index (χ4v) is 11.5. The minimum Gasteiger partial charge on any atom is -0.273 e. The molecule has 0 aliphatic heterocycles. The van der Waals surface area contributed by atoms with Gasteiger partial charge in [-0.2, -0.15) is 0 Å². The molecule has 0 fully saturated rings. The molecule has 0 N–H and O–H groups in total. The SMILES string of the molecule is C=CCSc1nc(-c2ccc(C)cc2)n2c(nc3ccccc32)c1[P+](c1ccccc1)(c1ccccc1)c1ccccc1. The molecule has 7 aromatic rings. The first-order valence-corrected chi connectivity index (χ1v) is 17.2. The van der Waals surface area contributed by atoms with Gasteiger partial charge >= 0.3 is 0 Å². The molecule has 0 spiro atoms. The lowest BCUT2D eigenvalue weighted by Gasteiger charge is -2.29. The van der Waals surface area contributed by atoms with E-state index < -0.39 is 7.26 Å². The van der Waals surface area contributed by atoms with Crippen LogP contribution in [0.15, 0.2) is 157 Å². The first-order valence-electron chi connectivity index (χ1n) is 14.4. The van der Waals surface area contributed by atoms with Crippen molar-refractivity contribution in [3.05, 3.63) is 158 Å². The van der Waals surface area contributed by atoms with Gasteiger partial charge in [0.25, 0.3) is 0 Å². The van der Waals surface area contributed by atoms with Gasteiger partial charge in [-0.15, -0.1) is 6.58 Å². The molecule has 0 amide bonds. The topological polar surface area (TPSA) is 30.2 Å². The van der Waals surface area contributed by atoms with Crippen molar-refractivity contribution in [1.29, 1.82) is 0 Å². The summed E-state index contributed by atoms with van der Waals surface area (Å²) >= 11 is 1.74. The zero-order valence-corrected chi connectivity index (χ0v) is 25.7. The first-order chi connectivity index (χ1) is 21.2. The number of fused-ring (bicyclic) bond motifs is 3. The average molecular weight is 593 g/mol. The molecule has 208 valence electrons. The second kappa shape index (κ2) is 11.6. The highest BCUT2D eigenvalue weighted by Gasteiger charge is 2.52. The molecule has 7 rings (SSSR count). The molecule has 0 saturated heterocycles. The molecule has 0 saturated carbocycles. The monoisotopic (exact) mass is 592 g/mol. The summed E-state index contributed by atoms with van der Waals surface area (Å²) < 4.78 is 2.29. The zero-order valence-electron chi connectivity index (χ0n) is 24.0. The van der Waals surface area contributed by atoms with E-state index in [1.807, 2.05) is 6.08 Å². The summed E-state index contributed by atoms with van der Waals surface area (Å²) in [6, 6.07) is 49.9. The molecule has 3 nitrogen and oxygen atoms in total. The van der Waals surface area contributed by atoms with Crippen LogP contribution >= 0.6 is 19.0 Å². The number of benzene rings is 5. The molecule has 5 heteroatoms. The quantitative estimate of drug-likeness (QED) is 0.0782. The number of nitrogens with zero attached hydrogens (tertiary/aromatic N) is 3. The molecule has 43 heavy (non-hydrogen) atoms. The molecule has 2 heterocycles. The molecule has 2 aromatic heterocycles. The van der Waals surface area contributed by atoms with Gasteiger partial charge in [0.05, 0.1) is 11.0 Å². The van der Waals surface area contributed by atoms with E-state index in [1.165, 1.54) is 26.8 Å². The molecular formula is C38H31N3PS+. The van der Waals surface area contributed by atoms with Crippen molar-refractivity contribution in [2.45, 2.75) is 11.9 Å². The van der Waals surface area contributed by atoms with Gasteiger partial charge in [0.2, 0.25) is 0 Å². The Morgan fingerprint density at radius 2 is 1.21 bits per heavy atom. The van der Waals surface area contributed by atoms with Crippen molar-refractivity contribution < 1.29 is 0 Å². The minimum atomic E-state index is -2.50. The normalized spacial score (nSPS) is 11.7. The predicted molar refractivity (Wildman–Crippen MR) is 186 cm³/mol. The Bertz CT molecular complexity index is 1940. The molecule has 5 aromatic carbocycles. The Balaban J connectivity index is 1.73. The van der Waals surface area contributed by atoms with E-state index in [-0.39, 0.29) is 0 Å². The summed E-state index contributed by atoms with van der Waals surface area (Å²) in [6.07, 6.45) is 1.96. The largest absolute Gasteiger partial charge is 0.273 e. The van der Waals surface area contributed by atoms with Gasteiger partial charge in [0.1, 0.15) is 26.8 Å². The van der Waals surface area contributed by atoms with Crippen molar-refractivity contribution in [1.82, 2.24) is 14.4 Å². The van der Waals surface area contributed by atoms with Crippen LogP contribution in [0.25, 0.3) is 28.1 Å². The maximum absolute atomic E-state index is 5.57. The number of thioether (sulfide) groups is 1. The first kappa shape index (κ1) is 27.3. The molecule has 0 atom stereocenters. The number of imidazole rings is 1. The highest BCUT2D eigenvalue weighted by molar-refractivity contribution is 8.04. The van der Waals surface area contributed by atoms with Crippen LogP contribution in [-0.2, 0) is 0 Å². The van der Waals surface area contributed by atoms with Crippen molar-refractivity contribution in [3.8, 4) is 11.4 Å². The van der Waals surface area contributed by atoms with Crippen LogP contribution in [0, 0.1) is 6.92 Å². The maximum atomic E-state index is 5.57. The van der Waals surface area contributed by atoms with Crippen LogP contribution < -0.4 is 21.2 Å². The summed E-state index contributed by atoms with van der Waals surface area (Å²) in [5, 5.41) is 5.98. The fraction of sp³-hybridized carbons (Fsp3) is 0.0526. The summed E-state index contributed by atoms with van der Waals surface area (Å²) in [5.41, 5.74) is 5.24. The van der Waals surface area contributed by atoms with Crippen molar-refractivity contribution in [2.75, 3.05) is 5.75 Å². The molecule has 0 radical (unpaired) electrons. The molecule has 0 unspecified atom stereocenters.